The molecule has 1 heterocycles. The minimum Gasteiger partial charge on any atom is -0.296 e. The Bertz CT molecular complexity index is 231. The number of rotatable bonds is 1. The Balaban J connectivity index is 3.18. The number of aryl methyl sites for hydroxylation is 1. The van der Waals surface area contributed by atoms with Gasteiger partial charge < -0.3 is 0 Å². The van der Waals surface area contributed by atoms with E-state index in [9.17, 15) is 4.79 Å². The van der Waals surface area contributed by atoms with Gasteiger partial charge in [0.2, 0.25) is 0 Å². The monoisotopic (exact) mass is 188 g/mol. The van der Waals surface area contributed by atoms with Crippen molar-refractivity contribution in [2.24, 2.45) is 0 Å². The van der Waals surface area contributed by atoms with Gasteiger partial charge in [0.1, 0.15) is 5.69 Å². The largest absolute Gasteiger partial charge is 0.296 e. The van der Waals surface area contributed by atoms with Gasteiger partial charge in [0.15, 0.2) is 6.29 Å². The summed E-state index contributed by atoms with van der Waals surface area (Å²) in [6.45, 7) is 1.84. The molecule has 1 aromatic heterocycles. The number of aldehydes is 1. The predicted molar refractivity (Wildman–Crippen MR) is 36.4 cm³/mol. The molecule has 1 rings (SSSR count). The summed E-state index contributed by atoms with van der Waals surface area (Å²) in [4.78, 5) is 10.1. The van der Waals surface area contributed by atoms with E-state index >= 15 is 0 Å². The average Bonchev–Trinajstić information content (AvgIpc) is 2.15. The summed E-state index contributed by atoms with van der Waals surface area (Å²) in [6.07, 6.45) is 0.702. The minimum absolute atomic E-state index is 0.424. The zero-order valence-corrected chi connectivity index (χ0v) is 6.40. The van der Waals surface area contributed by atoms with E-state index in [4.69, 9.17) is 0 Å². The molecule has 0 amide bonds. The molecule has 1 N–H and O–H groups in total. The van der Waals surface area contributed by atoms with Crippen LogP contribution in [0.1, 0.15) is 16.2 Å². The molecule has 0 atom stereocenters. The van der Waals surface area contributed by atoms with Gasteiger partial charge in [-0.2, -0.15) is 5.10 Å². The zero-order chi connectivity index (χ0) is 6.85. The van der Waals surface area contributed by atoms with Crippen molar-refractivity contribution in [3.8, 4) is 0 Å². The first-order valence-electron chi connectivity index (χ1n) is 2.41. The minimum atomic E-state index is 0.424. The lowest BCUT2D eigenvalue weighted by Crippen LogP contribution is -1.77. The van der Waals surface area contributed by atoms with Gasteiger partial charge in [0.25, 0.3) is 0 Å². The van der Waals surface area contributed by atoms with Gasteiger partial charge in [0.05, 0.1) is 4.47 Å². The van der Waals surface area contributed by atoms with E-state index in [1.165, 1.54) is 0 Å². The third kappa shape index (κ3) is 1.03. The van der Waals surface area contributed by atoms with Gasteiger partial charge in [-0.3, -0.25) is 9.89 Å². The summed E-state index contributed by atoms with van der Waals surface area (Å²) >= 11 is 3.19. The van der Waals surface area contributed by atoms with E-state index in [1.54, 1.807) is 0 Å². The molecular weight excluding hydrogens is 184 g/mol. The van der Waals surface area contributed by atoms with Crippen molar-refractivity contribution in [1.82, 2.24) is 10.2 Å². The molecule has 0 saturated heterocycles. The highest BCUT2D eigenvalue weighted by atomic mass is 79.9. The smallest absolute Gasteiger partial charge is 0.171 e. The van der Waals surface area contributed by atoms with E-state index < -0.39 is 0 Å². The first kappa shape index (κ1) is 6.48. The van der Waals surface area contributed by atoms with Crippen LogP contribution < -0.4 is 0 Å². The number of hydrogen-bond acceptors (Lipinski definition) is 2. The first-order valence-corrected chi connectivity index (χ1v) is 3.20. The predicted octanol–water partition coefficient (Wildman–Crippen LogP) is 1.29. The maximum absolute atomic E-state index is 10.1. The summed E-state index contributed by atoms with van der Waals surface area (Å²) in [5, 5.41) is 6.35. The van der Waals surface area contributed by atoms with Crippen LogP contribution in [-0.2, 0) is 0 Å². The SMILES string of the molecule is Cc1[nH]nc(C=O)c1Br. The molecule has 0 radical (unpaired) electrons. The van der Waals surface area contributed by atoms with E-state index in [0.717, 1.165) is 10.2 Å². The second-order valence-electron chi connectivity index (χ2n) is 1.67. The molecule has 48 valence electrons. The van der Waals surface area contributed by atoms with E-state index in [2.05, 4.69) is 26.1 Å². The number of aromatic amines is 1. The second kappa shape index (κ2) is 2.31. The number of halogens is 1. The van der Waals surface area contributed by atoms with Crippen LogP contribution in [0.15, 0.2) is 4.47 Å². The summed E-state index contributed by atoms with van der Waals surface area (Å²) in [7, 11) is 0. The fourth-order valence-electron chi connectivity index (χ4n) is 0.512. The van der Waals surface area contributed by atoms with Crippen molar-refractivity contribution < 1.29 is 4.79 Å². The molecule has 0 aliphatic rings. The summed E-state index contributed by atoms with van der Waals surface area (Å²) in [5.41, 5.74) is 1.30. The molecule has 9 heavy (non-hydrogen) atoms. The first-order chi connectivity index (χ1) is 4.25. The molecule has 3 nitrogen and oxygen atoms in total. The Hall–Kier alpha value is -0.640. The average molecular weight is 189 g/mol. The highest BCUT2D eigenvalue weighted by Gasteiger charge is 2.03. The molecule has 0 aromatic carbocycles. The fraction of sp³-hybridized carbons (Fsp3) is 0.200. The highest BCUT2D eigenvalue weighted by Crippen LogP contribution is 2.15. The molecule has 0 bridgehead atoms. The van der Waals surface area contributed by atoms with Crippen LogP contribution >= 0.6 is 15.9 Å². The van der Waals surface area contributed by atoms with Crippen LogP contribution in [0.25, 0.3) is 0 Å². The Morgan fingerprint density at radius 2 is 2.44 bits per heavy atom. The van der Waals surface area contributed by atoms with Crippen LogP contribution in [-0.4, -0.2) is 16.5 Å². The van der Waals surface area contributed by atoms with Gasteiger partial charge in [-0.15, -0.1) is 0 Å². The lowest BCUT2D eigenvalue weighted by atomic mass is 10.4. The highest BCUT2D eigenvalue weighted by molar-refractivity contribution is 9.10. The van der Waals surface area contributed by atoms with Gasteiger partial charge in [0, 0.05) is 5.69 Å². The van der Waals surface area contributed by atoms with Gasteiger partial charge >= 0.3 is 0 Å². The van der Waals surface area contributed by atoms with Gasteiger partial charge in [-0.05, 0) is 22.9 Å². The molecule has 0 spiro atoms. The zero-order valence-electron chi connectivity index (χ0n) is 4.81. The molecular formula is C5H5BrN2O. The van der Waals surface area contributed by atoms with Crippen LogP contribution in [0, 0.1) is 6.92 Å². The molecule has 0 aliphatic heterocycles. The fourth-order valence-corrected chi connectivity index (χ4v) is 0.783. The Kier molecular flexibility index (Phi) is 1.66. The van der Waals surface area contributed by atoms with Crippen molar-refractivity contribution >= 4 is 22.2 Å². The molecule has 0 unspecified atom stereocenters. The number of aromatic nitrogens is 2. The third-order valence-electron chi connectivity index (χ3n) is 1.01. The lowest BCUT2D eigenvalue weighted by Gasteiger charge is -1.80. The quantitative estimate of drug-likeness (QED) is 0.676. The summed E-state index contributed by atoms with van der Waals surface area (Å²) in [6, 6.07) is 0. The third-order valence-corrected chi connectivity index (χ3v) is 2.01. The maximum atomic E-state index is 10.1. The number of hydrogen-bond donors (Lipinski definition) is 1. The van der Waals surface area contributed by atoms with Crippen molar-refractivity contribution in [2.45, 2.75) is 6.92 Å². The molecule has 0 fully saturated rings. The van der Waals surface area contributed by atoms with Gasteiger partial charge in [-0.25, -0.2) is 0 Å². The Labute approximate surface area is 60.6 Å². The summed E-state index contributed by atoms with van der Waals surface area (Å²) < 4.78 is 0.748. The van der Waals surface area contributed by atoms with Crippen LogP contribution in [0.4, 0.5) is 0 Å². The topological polar surface area (TPSA) is 45.8 Å². The number of carbonyl (C=O) groups excluding carboxylic acids is 1. The molecule has 0 aliphatic carbocycles. The standard InChI is InChI=1S/C5H5BrN2O/c1-3-5(6)4(2-9)8-7-3/h2H,1H3,(H,7,8). The molecule has 0 saturated carbocycles. The number of H-pyrrole nitrogens is 1. The normalized spacial score (nSPS) is 9.56. The van der Waals surface area contributed by atoms with Crippen molar-refractivity contribution in [2.75, 3.05) is 0 Å². The van der Waals surface area contributed by atoms with Crippen LogP contribution in [0.5, 0.6) is 0 Å². The van der Waals surface area contributed by atoms with Crippen molar-refractivity contribution in [1.29, 1.82) is 0 Å². The van der Waals surface area contributed by atoms with Crippen molar-refractivity contribution in [3.05, 3.63) is 15.9 Å². The van der Waals surface area contributed by atoms with E-state index in [-0.39, 0.29) is 0 Å². The number of carbonyl (C=O) groups is 1. The number of nitrogens with one attached hydrogen (secondary N) is 1. The van der Waals surface area contributed by atoms with E-state index in [1.807, 2.05) is 6.92 Å². The molecule has 1 aromatic rings. The van der Waals surface area contributed by atoms with Gasteiger partial charge in [-0.1, -0.05) is 0 Å². The van der Waals surface area contributed by atoms with Crippen LogP contribution in [0.3, 0.4) is 0 Å². The second-order valence-corrected chi connectivity index (χ2v) is 2.46. The van der Waals surface area contributed by atoms with Crippen LogP contribution in [0.2, 0.25) is 0 Å². The molecule has 4 heteroatoms. The Morgan fingerprint density at radius 1 is 1.78 bits per heavy atom. The maximum Gasteiger partial charge on any atom is 0.171 e. The van der Waals surface area contributed by atoms with E-state index in [0.29, 0.717) is 12.0 Å². The number of nitrogens with zero attached hydrogens (tertiary/aromatic N) is 1. The Morgan fingerprint density at radius 3 is 2.67 bits per heavy atom. The lowest BCUT2D eigenvalue weighted by molar-refractivity contribution is 0.111. The summed E-state index contributed by atoms with van der Waals surface area (Å²) in [5.74, 6) is 0. The van der Waals surface area contributed by atoms with Crippen molar-refractivity contribution in [3.63, 3.8) is 0 Å².